The summed E-state index contributed by atoms with van der Waals surface area (Å²) in [5.41, 5.74) is 1.13. The van der Waals surface area contributed by atoms with Crippen molar-refractivity contribution >= 4 is 11.3 Å². The average Bonchev–Trinajstić information content (AvgIpc) is 2.90. The van der Waals surface area contributed by atoms with Crippen LogP contribution < -0.4 is 5.32 Å². The highest BCUT2D eigenvalue weighted by atomic mass is 32.1. The lowest BCUT2D eigenvalue weighted by Crippen LogP contribution is -2.33. The number of thiazole rings is 1. The Hall–Kier alpha value is -0.450. The second kappa shape index (κ2) is 7.01. The van der Waals surface area contributed by atoms with Crippen molar-refractivity contribution < 1.29 is 4.74 Å². The van der Waals surface area contributed by atoms with Gasteiger partial charge in [0.05, 0.1) is 5.69 Å². The van der Waals surface area contributed by atoms with Gasteiger partial charge in [0, 0.05) is 18.5 Å². The monoisotopic (exact) mass is 296 g/mol. The van der Waals surface area contributed by atoms with Gasteiger partial charge in [-0.1, -0.05) is 20.8 Å². The van der Waals surface area contributed by atoms with Gasteiger partial charge in [-0.15, -0.1) is 11.3 Å². The summed E-state index contributed by atoms with van der Waals surface area (Å²) in [6.07, 6.45) is 5.73. The quantitative estimate of drug-likeness (QED) is 0.865. The summed E-state index contributed by atoms with van der Waals surface area (Å²) in [6, 6.07) is 0. The van der Waals surface area contributed by atoms with E-state index in [1.807, 2.05) is 18.4 Å². The normalized spacial score (nSPS) is 26.9. The van der Waals surface area contributed by atoms with Gasteiger partial charge in [-0.2, -0.15) is 0 Å². The summed E-state index contributed by atoms with van der Waals surface area (Å²) in [6.45, 7) is 8.62. The fourth-order valence-corrected chi connectivity index (χ4v) is 4.31. The molecule has 0 unspecified atom stereocenters. The standard InChI is InChI=1S/C16H28N2OS/c1-5-13-14(11-17-6-2)20-15(18-13)16(19-4)9-7-12(3)8-10-16/h12,17H,5-11H2,1-4H3. The first-order valence-corrected chi connectivity index (χ1v) is 8.71. The Morgan fingerprint density at radius 2 is 2.05 bits per heavy atom. The highest BCUT2D eigenvalue weighted by molar-refractivity contribution is 7.11. The average molecular weight is 296 g/mol. The third-order valence-electron chi connectivity index (χ3n) is 4.51. The number of hydrogen-bond acceptors (Lipinski definition) is 4. The molecule has 0 radical (unpaired) electrons. The topological polar surface area (TPSA) is 34.1 Å². The molecule has 1 aliphatic carbocycles. The highest BCUT2D eigenvalue weighted by Gasteiger charge is 2.39. The molecule has 2 rings (SSSR count). The number of nitrogens with one attached hydrogen (secondary N) is 1. The van der Waals surface area contributed by atoms with Crippen LogP contribution in [-0.2, 0) is 23.3 Å². The van der Waals surface area contributed by atoms with E-state index in [1.165, 1.54) is 28.4 Å². The SMILES string of the molecule is CCNCc1sc(C2(OC)CCC(C)CC2)nc1CC. The molecule has 1 aromatic heterocycles. The first-order chi connectivity index (χ1) is 9.65. The zero-order chi connectivity index (χ0) is 14.6. The van der Waals surface area contributed by atoms with E-state index in [0.717, 1.165) is 38.3 Å². The van der Waals surface area contributed by atoms with Crippen LogP contribution in [0.2, 0.25) is 0 Å². The molecule has 0 bridgehead atoms. The molecule has 0 aliphatic heterocycles. The van der Waals surface area contributed by atoms with Crippen LogP contribution >= 0.6 is 11.3 Å². The first kappa shape index (κ1) is 15.9. The van der Waals surface area contributed by atoms with Crippen LogP contribution in [0, 0.1) is 5.92 Å². The van der Waals surface area contributed by atoms with Gasteiger partial charge in [-0.25, -0.2) is 4.98 Å². The molecule has 0 amide bonds. The Labute approximate surface area is 127 Å². The molecule has 20 heavy (non-hydrogen) atoms. The molecule has 1 N–H and O–H groups in total. The largest absolute Gasteiger partial charge is 0.371 e. The first-order valence-electron chi connectivity index (χ1n) is 7.90. The van der Waals surface area contributed by atoms with Gasteiger partial charge in [-0.05, 0) is 44.6 Å². The van der Waals surface area contributed by atoms with Gasteiger partial charge in [0.1, 0.15) is 10.6 Å². The molecule has 0 aromatic carbocycles. The molecule has 1 aliphatic rings. The Kier molecular flexibility index (Phi) is 5.58. The summed E-state index contributed by atoms with van der Waals surface area (Å²) < 4.78 is 5.96. The second-order valence-electron chi connectivity index (χ2n) is 5.90. The number of ether oxygens (including phenoxy) is 1. The van der Waals surface area contributed by atoms with E-state index >= 15 is 0 Å². The molecule has 1 fully saturated rings. The Morgan fingerprint density at radius 3 is 2.60 bits per heavy atom. The van der Waals surface area contributed by atoms with Crippen molar-refractivity contribution in [2.45, 2.75) is 65.0 Å². The van der Waals surface area contributed by atoms with Crippen LogP contribution in [0.5, 0.6) is 0 Å². The van der Waals surface area contributed by atoms with Crippen LogP contribution in [0.25, 0.3) is 0 Å². The van der Waals surface area contributed by atoms with Crippen molar-refractivity contribution in [3.8, 4) is 0 Å². The van der Waals surface area contributed by atoms with E-state index < -0.39 is 0 Å². The van der Waals surface area contributed by atoms with E-state index in [-0.39, 0.29) is 5.60 Å². The molecular weight excluding hydrogens is 268 g/mol. The van der Waals surface area contributed by atoms with E-state index in [4.69, 9.17) is 9.72 Å². The molecule has 1 saturated carbocycles. The van der Waals surface area contributed by atoms with Crippen molar-refractivity contribution in [1.29, 1.82) is 0 Å². The Balaban J connectivity index is 2.23. The summed E-state index contributed by atoms with van der Waals surface area (Å²) in [5.74, 6) is 0.824. The summed E-state index contributed by atoms with van der Waals surface area (Å²) in [4.78, 5) is 6.32. The minimum Gasteiger partial charge on any atom is -0.371 e. The third-order valence-corrected chi connectivity index (χ3v) is 5.79. The molecule has 3 nitrogen and oxygen atoms in total. The number of methoxy groups -OCH3 is 1. The van der Waals surface area contributed by atoms with E-state index in [2.05, 4.69) is 26.1 Å². The number of aryl methyl sites for hydroxylation is 1. The number of aromatic nitrogens is 1. The van der Waals surface area contributed by atoms with Crippen LogP contribution in [0.4, 0.5) is 0 Å². The van der Waals surface area contributed by atoms with E-state index in [9.17, 15) is 0 Å². The molecule has 0 spiro atoms. The second-order valence-corrected chi connectivity index (χ2v) is 6.99. The van der Waals surface area contributed by atoms with Gasteiger partial charge >= 0.3 is 0 Å². The molecule has 1 aromatic rings. The lowest BCUT2D eigenvalue weighted by Gasteiger charge is -2.36. The van der Waals surface area contributed by atoms with Gasteiger partial charge in [0.2, 0.25) is 0 Å². The maximum atomic E-state index is 5.96. The predicted octanol–water partition coefficient (Wildman–Crippen LogP) is 3.87. The van der Waals surface area contributed by atoms with Crippen LogP contribution in [0.3, 0.4) is 0 Å². The molecular formula is C16H28N2OS. The fraction of sp³-hybridized carbons (Fsp3) is 0.812. The molecule has 1 heterocycles. The maximum absolute atomic E-state index is 5.96. The van der Waals surface area contributed by atoms with E-state index in [1.54, 1.807) is 0 Å². The third kappa shape index (κ3) is 3.23. The zero-order valence-electron chi connectivity index (χ0n) is 13.3. The Bertz CT molecular complexity index is 422. The highest BCUT2D eigenvalue weighted by Crippen LogP contribution is 2.44. The van der Waals surface area contributed by atoms with Gasteiger partial charge < -0.3 is 10.1 Å². The smallest absolute Gasteiger partial charge is 0.125 e. The number of hydrogen-bond donors (Lipinski definition) is 1. The minimum absolute atomic E-state index is 0.119. The molecule has 0 atom stereocenters. The minimum atomic E-state index is -0.119. The lowest BCUT2D eigenvalue weighted by atomic mass is 9.80. The number of nitrogens with zero attached hydrogens (tertiary/aromatic N) is 1. The van der Waals surface area contributed by atoms with E-state index in [0.29, 0.717) is 0 Å². The van der Waals surface area contributed by atoms with Crippen molar-refractivity contribution in [2.24, 2.45) is 5.92 Å². The Morgan fingerprint density at radius 1 is 1.35 bits per heavy atom. The van der Waals surface area contributed by atoms with Crippen molar-refractivity contribution in [1.82, 2.24) is 10.3 Å². The summed E-state index contributed by atoms with van der Waals surface area (Å²) in [7, 11) is 1.85. The van der Waals surface area contributed by atoms with Gasteiger partial charge in [-0.3, -0.25) is 0 Å². The van der Waals surface area contributed by atoms with Crippen LogP contribution in [0.15, 0.2) is 0 Å². The van der Waals surface area contributed by atoms with Crippen molar-refractivity contribution in [3.63, 3.8) is 0 Å². The predicted molar refractivity (Wildman–Crippen MR) is 85.2 cm³/mol. The van der Waals surface area contributed by atoms with Crippen molar-refractivity contribution in [3.05, 3.63) is 15.6 Å². The van der Waals surface area contributed by atoms with Crippen LogP contribution in [0.1, 0.15) is 62.0 Å². The van der Waals surface area contributed by atoms with Crippen molar-refractivity contribution in [2.75, 3.05) is 13.7 Å². The molecule has 0 saturated heterocycles. The summed E-state index contributed by atoms with van der Waals surface area (Å²) in [5, 5.41) is 4.63. The molecule has 4 heteroatoms. The van der Waals surface area contributed by atoms with Gasteiger partial charge in [0.15, 0.2) is 0 Å². The lowest BCUT2D eigenvalue weighted by molar-refractivity contribution is -0.0531. The maximum Gasteiger partial charge on any atom is 0.125 e. The molecule has 114 valence electrons. The van der Waals surface area contributed by atoms with Crippen LogP contribution in [-0.4, -0.2) is 18.6 Å². The number of rotatable bonds is 6. The fourth-order valence-electron chi connectivity index (χ4n) is 2.96. The van der Waals surface area contributed by atoms with Gasteiger partial charge in [0.25, 0.3) is 0 Å². The summed E-state index contributed by atoms with van der Waals surface area (Å²) >= 11 is 1.86. The zero-order valence-corrected chi connectivity index (χ0v) is 14.1.